The van der Waals surface area contributed by atoms with Crippen LogP contribution in [0.3, 0.4) is 0 Å². The van der Waals surface area contributed by atoms with E-state index in [1.165, 1.54) is 5.06 Å². The first-order valence-electron chi connectivity index (χ1n) is 5.96. The summed E-state index contributed by atoms with van der Waals surface area (Å²) in [6.07, 6.45) is 0.901. The van der Waals surface area contributed by atoms with Gasteiger partial charge in [0.15, 0.2) is 0 Å². The topological polar surface area (TPSA) is 55.6 Å². The van der Waals surface area contributed by atoms with E-state index in [9.17, 15) is 4.79 Å². The summed E-state index contributed by atoms with van der Waals surface area (Å²) in [6.45, 7) is 3.05. The summed E-state index contributed by atoms with van der Waals surface area (Å²) in [7, 11) is 0. The highest BCUT2D eigenvalue weighted by atomic mass is 16.7. The van der Waals surface area contributed by atoms with Gasteiger partial charge < -0.3 is 5.73 Å². The Morgan fingerprint density at radius 1 is 1.41 bits per heavy atom. The minimum Gasteiger partial charge on any atom is -0.320 e. The van der Waals surface area contributed by atoms with Crippen molar-refractivity contribution in [3.8, 4) is 0 Å². The van der Waals surface area contributed by atoms with Crippen LogP contribution in [0.4, 0.5) is 0 Å². The number of amides is 1. The number of carbonyl (C=O) groups excluding carboxylic acids is 1. The largest absolute Gasteiger partial charge is 0.320 e. The molecule has 2 N–H and O–H groups in total. The Labute approximate surface area is 101 Å². The highest BCUT2D eigenvalue weighted by molar-refractivity contribution is 5.83. The lowest BCUT2D eigenvalue weighted by Gasteiger charge is -2.15. The van der Waals surface area contributed by atoms with Crippen LogP contribution in [-0.2, 0) is 16.2 Å². The lowest BCUT2D eigenvalue weighted by molar-refractivity contribution is -0.183. The van der Waals surface area contributed by atoms with Crippen LogP contribution >= 0.6 is 0 Å². The monoisotopic (exact) mass is 234 g/mol. The zero-order chi connectivity index (χ0) is 12.3. The molecule has 1 aromatic rings. The fraction of sp³-hybridized carbons (Fsp3) is 0.462. The van der Waals surface area contributed by atoms with Crippen molar-refractivity contribution in [2.45, 2.75) is 26.0 Å². The average Bonchev–Trinajstić information content (AvgIpc) is 2.65. The molecule has 0 bridgehead atoms. The molecule has 1 aromatic carbocycles. The molecule has 0 unspecified atom stereocenters. The summed E-state index contributed by atoms with van der Waals surface area (Å²) in [4.78, 5) is 17.3. The van der Waals surface area contributed by atoms with E-state index in [1.54, 1.807) is 0 Å². The van der Waals surface area contributed by atoms with Crippen molar-refractivity contribution < 1.29 is 9.63 Å². The van der Waals surface area contributed by atoms with Gasteiger partial charge in [0.05, 0.1) is 12.6 Å². The Morgan fingerprint density at radius 2 is 2.12 bits per heavy atom. The van der Waals surface area contributed by atoms with Gasteiger partial charge in [0.2, 0.25) is 0 Å². The molecule has 1 amide bonds. The van der Waals surface area contributed by atoms with Gasteiger partial charge in [-0.25, -0.2) is 5.06 Å². The minimum absolute atomic E-state index is 0.104. The standard InChI is InChI=1S/C13H18N2O2/c1-2-11-8-15(13(16)12(11)14)17-9-10-6-4-3-5-7-10/h3-7,11-12H,2,8-9,14H2,1H3/t11-,12-/m1/s1. The molecule has 92 valence electrons. The third-order valence-electron chi connectivity index (χ3n) is 3.19. The van der Waals surface area contributed by atoms with E-state index in [2.05, 4.69) is 0 Å². The Bertz CT molecular complexity index is 380. The van der Waals surface area contributed by atoms with Gasteiger partial charge in [-0.2, -0.15) is 0 Å². The van der Waals surface area contributed by atoms with Crippen molar-refractivity contribution >= 4 is 5.91 Å². The molecule has 0 aromatic heterocycles. The van der Waals surface area contributed by atoms with Gasteiger partial charge in [0.1, 0.15) is 6.61 Å². The van der Waals surface area contributed by atoms with E-state index in [-0.39, 0.29) is 11.8 Å². The molecular formula is C13H18N2O2. The SMILES string of the molecule is CC[C@@H]1CN(OCc2ccccc2)C(=O)[C@@H]1N. The zero-order valence-corrected chi connectivity index (χ0v) is 10.0. The van der Waals surface area contributed by atoms with Crippen molar-refractivity contribution in [1.82, 2.24) is 5.06 Å². The number of nitrogens with zero attached hydrogens (tertiary/aromatic N) is 1. The quantitative estimate of drug-likeness (QED) is 0.854. The molecule has 4 heteroatoms. The smallest absolute Gasteiger partial charge is 0.263 e. The van der Waals surface area contributed by atoms with Crippen molar-refractivity contribution in [2.24, 2.45) is 11.7 Å². The lowest BCUT2D eigenvalue weighted by Crippen LogP contribution is -2.35. The predicted molar refractivity (Wildman–Crippen MR) is 64.7 cm³/mol. The molecule has 1 saturated heterocycles. The lowest BCUT2D eigenvalue weighted by atomic mass is 10.0. The summed E-state index contributed by atoms with van der Waals surface area (Å²) >= 11 is 0. The first-order chi connectivity index (χ1) is 8.22. The van der Waals surface area contributed by atoms with Gasteiger partial charge in [-0.3, -0.25) is 9.63 Å². The Kier molecular flexibility index (Phi) is 3.76. The van der Waals surface area contributed by atoms with E-state index >= 15 is 0 Å². The zero-order valence-electron chi connectivity index (χ0n) is 10.0. The summed E-state index contributed by atoms with van der Waals surface area (Å²) in [5, 5.41) is 1.41. The van der Waals surface area contributed by atoms with Crippen molar-refractivity contribution in [3.05, 3.63) is 35.9 Å². The van der Waals surface area contributed by atoms with Crippen LogP contribution in [0.1, 0.15) is 18.9 Å². The Hall–Kier alpha value is -1.39. The van der Waals surface area contributed by atoms with Crippen molar-refractivity contribution in [2.75, 3.05) is 6.54 Å². The average molecular weight is 234 g/mol. The van der Waals surface area contributed by atoms with Crippen LogP contribution in [-0.4, -0.2) is 23.6 Å². The number of rotatable bonds is 4. The maximum absolute atomic E-state index is 11.8. The van der Waals surface area contributed by atoms with Crippen LogP contribution < -0.4 is 5.73 Å². The molecule has 17 heavy (non-hydrogen) atoms. The first kappa shape index (κ1) is 12.1. The van der Waals surface area contributed by atoms with E-state index in [0.717, 1.165) is 12.0 Å². The number of benzene rings is 1. The highest BCUT2D eigenvalue weighted by Gasteiger charge is 2.37. The summed E-state index contributed by atoms with van der Waals surface area (Å²) in [6, 6.07) is 9.38. The molecule has 0 spiro atoms. The number of carbonyl (C=O) groups is 1. The molecule has 1 heterocycles. The fourth-order valence-corrected chi connectivity index (χ4v) is 2.01. The number of hydroxylamine groups is 2. The second-order valence-corrected chi connectivity index (χ2v) is 4.35. The van der Waals surface area contributed by atoms with Gasteiger partial charge in [0.25, 0.3) is 5.91 Å². The van der Waals surface area contributed by atoms with Gasteiger partial charge in [-0.1, -0.05) is 37.3 Å². The molecule has 0 radical (unpaired) electrons. The number of nitrogens with two attached hydrogens (primary N) is 1. The van der Waals surface area contributed by atoms with Gasteiger partial charge in [-0.15, -0.1) is 0 Å². The first-order valence-corrected chi connectivity index (χ1v) is 5.96. The van der Waals surface area contributed by atoms with E-state index in [4.69, 9.17) is 10.6 Å². The van der Waals surface area contributed by atoms with Crippen LogP contribution in [0.15, 0.2) is 30.3 Å². The van der Waals surface area contributed by atoms with Gasteiger partial charge >= 0.3 is 0 Å². The normalized spacial score (nSPS) is 24.4. The molecule has 2 atom stereocenters. The summed E-state index contributed by atoms with van der Waals surface area (Å²) < 4.78 is 0. The Morgan fingerprint density at radius 3 is 2.71 bits per heavy atom. The molecule has 0 aliphatic carbocycles. The molecule has 0 saturated carbocycles. The van der Waals surface area contributed by atoms with E-state index in [1.807, 2.05) is 37.3 Å². The molecule has 1 aliphatic rings. The summed E-state index contributed by atoms with van der Waals surface area (Å²) in [5.74, 6) is 0.103. The van der Waals surface area contributed by atoms with E-state index < -0.39 is 6.04 Å². The highest BCUT2D eigenvalue weighted by Crippen LogP contribution is 2.20. The van der Waals surface area contributed by atoms with Crippen LogP contribution in [0, 0.1) is 5.92 Å². The third-order valence-corrected chi connectivity index (χ3v) is 3.19. The second-order valence-electron chi connectivity index (χ2n) is 4.35. The van der Waals surface area contributed by atoms with Gasteiger partial charge in [-0.05, 0) is 12.0 Å². The fourth-order valence-electron chi connectivity index (χ4n) is 2.01. The second kappa shape index (κ2) is 5.29. The van der Waals surface area contributed by atoms with E-state index in [0.29, 0.717) is 13.2 Å². The maximum atomic E-state index is 11.8. The molecule has 1 fully saturated rings. The predicted octanol–water partition coefficient (Wildman–Crippen LogP) is 1.31. The van der Waals surface area contributed by atoms with Crippen molar-refractivity contribution in [1.29, 1.82) is 0 Å². The van der Waals surface area contributed by atoms with Crippen LogP contribution in [0.25, 0.3) is 0 Å². The maximum Gasteiger partial charge on any atom is 0.263 e. The molecular weight excluding hydrogens is 216 g/mol. The van der Waals surface area contributed by atoms with Crippen molar-refractivity contribution in [3.63, 3.8) is 0 Å². The minimum atomic E-state index is -0.407. The molecule has 1 aliphatic heterocycles. The van der Waals surface area contributed by atoms with Crippen LogP contribution in [0.2, 0.25) is 0 Å². The van der Waals surface area contributed by atoms with Gasteiger partial charge in [0, 0.05) is 5.92 Å². The number of hydrogen-bond acceptors (Lipinski definition) is 3. The Balaban J connectivity index is 1.90. The molecule has 4 nitrogen and oxygen atoms in total. The number of hydrogen-bond donors (Lipinski definition) is 1. The van der Waals surface area contributed by atoms with Crippen LogP contribution in [0.5, 0.6) is 0 Å². The summed E-state index contributed by atoms with van der Waals surface area (Å²) in [5.41, 5.74) is 6.87. The molecule has 2 rings (SSSR count). The third kappa shape index (κ3) is 2.65.